The third-order valence-electron chi connectivity index (χ3n) is 6.22. The molecule has 1 aromatic carbocycles. The lowest BCUT2D eigenvalue weighted by atomic mass is 9.74. The molecule has 8 heteroatoms. The molecule has 0 aromatic heterocycles. The first kappa shape index (κ1) is 22.7. The third kappa shape index (κ3) is 5.60. The van der Waals surface area contributed by atoms with Crippen molar-refractivity contribution < 1.29 is 17.9 Å². The average molecular weight is 487 g/mol. The molecule has 0 saturated carbocycles. The minimum absolute atomic E-state index is 0.104. The van der Waals surface area contributed by atoms with Crippen molar-refractivity contribution in [2.45, 2.75) is 52.1 Å². The van der Waals surface area contributed by atoms with Crippen molar-refractivity contribution in [1.29, 1.82) is 0 Å². The van der Waals surface area contributed by atoms with Gasteiger partial charge in [-0.1, -0.05) is 6.07 Å². The van der Waals surface area contributed by atoms with E-state index in [1.54, 1.807) is 11.2 Å². The second-order valence-corrected chi connectivity index (χ2v) is 11.4. The van der Waals surface area contributed by atoms with Gasteiger partial charge in [0.25, 0.3) is 5.91 Å². The molecule has 2 aliphatic rings. The van der Waals surface area contributed by atoms with Gasteiger partial charge in [-0.2, -0.15) is 0 Å². The van der Waals surface area contributed by atoms with E-state index in [4.69, 9.17) is 4.74 Å². The van der Waals surface area contributed by atoms with E-state index in [0.717, 1.165) is 48.7 Å². The zero-order chi connectivity index (χ0) is 21.1. The molecule has 1 unspecified atom stereocenters. The van der Waals surface area contributed by atoms with E-state index in [0.29, 0.717) is 25.2 Å². The quantitative estimate of drug-likeness (QED) is 0.639. The summed E-state index contributed by atoms with van der Waals surface area (Å²) in [7, 11) is -3.17. The van der Waals surface area contributed by atoms with Crippen molar-refractivity contribution in [2.75, 3.05) is 32.0 Å². The fourth-order valence-electron chi connectivity index (χ4n) is 4.33. The molecule has 0 aliphatic carbocycles. The minimum atomic E-state index is -3.17. The number of carbonyl (C=O) groups excluding carboxylic acids is 1. The van der Waals surface area contributed by atoms with E-state index in [9.17, 15) is 13.2 Å². The normalized spacial score (nSPS) is 22.5. The largest absolute Gasteiger partial charge is 0.378 e. The fourth-order valence-corrected chi connectivity index (χ4v) is 6.11. The summed E-state index contributed by atoms with van der Waals surface area (Å²) in [6.45, 7) is 6.01. The number of carbonyl (C=O) groups is 1. The Bertz CT molecular complexity index is 829. The number of sulfonamides is 1. The lowest BCUT2D eigenvalue weighted by Crippen LogP contribution is -2.49. The van der Waals surface area contributed by atoms with Crippen LogP contribution in [0.25, 0.3) is 0 Å². The van der Waals surface area contributed by atoms with Gasteiger partial charge in [0, 0.05) is 30.7 Å². The van der Waals surface area contributed by atoms with E-state index in [1.807, 2.05) is 25.1 Å². The number of hydrogen-bond donors (Lipinski definition) is 1. The van der Waals surface area contributed by atoms with Crippen molar-refractivity contribution >= 4 is 31.9 Å². The summed E-state index contributed by atoms with van der Waals surface area (Å²) in [5, 5.41) is 3.12. The first-order valence-electron chi connectivity index (χ1n) is 10.4. The van der Waals surface area contributed by atoms with Crippen LogP contribution in [0.5, 0.6) is 0 Å². The zero-order valence-electron chi connectivity index (χ0n) is 17.2. The molecule has 2 aliphatic heterocycles. The Morgan fingerprint density at radius 1 is 1.34 bits per heavy atom. The van der Waals surface area contributed by atoms with E-state index in [2.05, 4.69) is 21.2 Å². The molecule has 3 rings (SSSR count). The van der Waals surface area contributed by atoms with Gasteiger partial charge in [-0.05, 0) is 85.0 Å². The zero-order valence-corrected chi connectivity index (χ0v) is 19.6. The molecule has 2 fully saturated rings. The number of nitrogens with zero attached hydrogens (tertiary/aromatic N) is 1. The molecular weight excluding hydrogens is 456 g/mol. The molecule has 1 amide bonds. The van der Waals surface area contributed by atoms with Gasteiger partial charge in [0.15, 0.2) is 0 Å². The second-order valence-electron chi connectivity index (χ2n) is 8.30. The molecule has 2 saturated heterocycles. The Labute approximate surface area is 182 Å². The van der Waals surface area contributed by atoms with Gasteiger partial charge < -0.3 is 10.1 Å². The number of hydrogen-bond acceptors (Lipinski definition) is 4. The summed E-state index contributed by atoms with van der Waals surface area (Å²) < 4.78 is 32.8. The summed E-state index contributed by atoms with van der Waals surface area (Å²) in [5.41, 5.74) is 1.57. The van der Waals surface area contributed by atoms with Crippen LogP contribution < -0.4 is 5.32 Å². The van der Waals surface area contributed by atoms with Gasteiger partial charge in [-0.15, -0.1) is 0 Å². The predicted octanol–water partition coefficient (Wildman–Crippen LogP) is 3.49. The number of amides is 1. The van der Waals surface area contributed by atoms with Gasteiger partial charge in [-0.25, -0.2) is 12.7 Å². The number of nitrogens with one attached hydrogen (secondary N) is 1. The first-order valence-corrected chi connectivity index (χ1v) is 12.8. The van der Waals surface area contributed by atoms with Crippen LogP contribution in [0.3, 0.4) is 0 Å². The predicted molar refractivity (Wildman–Crippen MR) is 118 cm³/mol. The Hall–Kier alpha value is -0.960. The van der Waals surface area contributed by atoms with Crippen LogP contribution in [0.4, 0.5) is 0 Å². The van der Waals surface area contributed by atoms with Crippen LogP contribution in [0.15, 0.2) is 22.7 Å². The van der Waals surface area contributed by atoms with Crippen LogP contribution in [-0.4, -0.2) is 56.7 Å². The molecule has 0 bridgehead atoms. The highest BCUT2D eigenvalue weighted by atomic mass is 79.9. The van der Waals surface area contributed by atoms with Crippen LogP contribution in [0.2, 0.25) is 0 Å². The topological polar surface area (TPSA) is 75.7 Å². The highest BCUT2D eigenvalue weighted by Crippen LogP contribution is 2.39. The second kappa shape index (κ2) is 9.45. The maximum Gasteiger partial charge on any atom is 0.252 e. The molecule has 1 atom stereocenters. The van der Waals surface area contributed by atoms with Gasteiger partial charge in [0.2, 0.25) is 10.0 Å². The molecule has 0 spiro atoms. The van der Waals surface area contributed by atoms with E-state index >= 15 is 0 Å². The highest BCUT2D eigenvalue weighted by molar-refractivity contribution is 9.10. The Kier molecular flexibility index (Phi) is 7.41. The summed E-state index contributed by atoms with van der Waals surface area (Å²) in [6, 6.07) is 5.69. The maximum absolute atomic E-state index is 12.8. The first-order chi connectivity index (χ1) is 13.7. The smallest absolute Gasteiger partial charge is 0.252 e. The van der Waals surface area contributed by atoms with E-state index in [1.165, 1.54) is 0 Å². The molecule has 162 valence electrons. The van der Waals surface area contributed by atoms with Crippen LogP contribution in [-0.2, 0) is 14.8 Å². The SMILES string of the molecule is CCS(=O)(=O)N1CCC(CNC(=O)c2ccc(C)cc2Br)(CC2CCCO2)CC1. The number of ether oxygens (including phenoxy) is 1. The van der Waals surface area contributed by atoms with Crippen LogP contribution >= 0.6 is 15.9 Å². The van der Waals surface area contributed by atoms with Crippen molar-refractivity contribution in [1.82, 2.24) is 9.62 Å². The van der Waals surface area contributed by atoms with Crippen molar-refractivity contribution in [2.24, 2.45) is 5.41 Å². The Morgan fingerprint density at radius 2 is 2.07 bits per heavy atom. The van der Waals surface area contributed by atoms with Crippen molar-refractivity contribution in [3.8, 4) is 0 Å². The van der Waals surface area contributed by atoms with Crippen LogP contribution in [0, 0.1) is 12.3 Å². The van der Waals surface area contributed by atoms with Gasteiger partial charge >= 0.3 is 0 Å². The Balaban J connectivity index is 1.70. The minimum Gasteiger partial charge on any atom is -0.378 e. The van der Waals surface area contributed by atoms with E-state index in [-0.39, 0.29) is 23.2 Å². The summed E-state index contributed by atoms with van der Waals surface area (Å²) in [5.74, 6) is 0.0244. The maximum atomic E-state index is 12.8. The average Bonchev–Trinajstić information content (AvgIpc) is 3.19. The molecule has 29 heavy (non-hydrogen) atoms. The monoisotopic (exact) mass is 486 g/mol. The number of aryl methyl sites for hydroxylation is 1. The van der Waals surface area contributed by atoms with Crippen LogP contribution in [0.1, 0.15) is 54.9 Å². The van der Waals surface area contributed by atoms with Crippen molar-refractivity contribution in [3.05, 3.63) is 33.8 Å². The summed E-state index contributed by atoms with van der Waals surface area (Å²) in [4.78, 5) is 12.8. The highest BCUT2D eigenvalue weighted by Gasteiger charge is 2.40. The van der Waals surface area contributed by atoms with Gasteiger partial charge in [0.1, 0.15) is 0 Å². The Morgan fingerprint density at radius 3 is 2.66 bits per heavy atom. The summed E-state index contributed by atoms with van der Waals surface area (Å²) in [6.07, 6.45) is 4.65. The van der Waals surface area contributed by atoms with E-state index < -0.39 is 10.0 Å². The number of piperidine rings is 1. The lowest BCUT2D eigenvalue weighted by molar-refractivity contribution is 0.0361. The molecule has 1 N–H and O–H groups in total. The standard InChI is InChI=1S/C21H31BrN2O4S/c1-3-29(26,27)24-10-8-21(9-11-24,14-17-5-4-12-28-17)15-23-20(25)18-7-6-16(2)13-19(18)22/h6-7,13,17H,3-5,8-12,14-15H2,1-2H3,(H,23,25). The molecule has 6 nitrogen and oxygen atoms in total. The van der Waals surface area contributed by atoms with Gasteiger partial charge in [-0.3, -0.25) is 4.79 Å². The molecule has 2 heterocycles. The molecular formula is C21H31BrN2O4S. The summed E-state index contributed by atoms with van der Waals surface area (Å²) >= 11 is 3.48. The third-order valence-corrected chi connectivity index (χ3v) is 8.76. The number of halogens is 1. The number of rotatable bonds is 7. The lowest BCUT2D eigenvalue weighted by Gasteiger charge is -2.42. The molecule has 0 radical (unpaired) electrons. The number of benzene rings is 1. The molecule has 1 aromatic rings. The fraction of sp³-hybridized carbons (Fsp3) is 0.667. The van der Waals surface area contributed by atoms with Crippen molar-refractivity contribution in [3.63, 3.8) is 0 Å². The van der Waals surface area contributed by atoms with Gasteiger partial charge in [0.05, 0.1) is 17.4 Å².